The van der Waals surface area contributed by atoms with Crippen molar-refractivity contribution in [3.8, 4) is 0 Å². The molecule has 0 aliphatic heterocycles. The fraction of sp³-hybridized carbons (Fsp3) is 0.540. The third kappa shape index (κ3) is 36.3. The monoisotopic (exact) mass is 2050 g/mol. The molecule has 4 aromatic heterocycles. The minimum absolute atomic E-state index is 0. The van der Waals surface area contributed by atoms with Gasteiger partial charge in [-0.05, 0) is 379 Å². The van der Waals surface area contributed by atoms with Gasteiger partial charge in [0.15, 0.2) is 5.69 Å². The fourth-order valence-corrected chi connectivity index (χ4v) is 16.4. The molecule has 0 bridgehead atoms. The second-order valence-electron chi connectivity index (χ2n) is 39.2. The Morgan fingerprint density at radius 3 is 0.984 bits per heavy atom. The van der Waals surface area contributed by atoms with E-state index in [1.807, 2.05) is 257 Å². The zero-order valence-electron chi connectivity index (χ0n) is 78.1. The average Bonchev–Trinajstić information content (AvgIpc) is 0.780. The quantitative estimate of drug-likeness (QED) is 0.0180. The maximum absolute atomic E-state index is 12.5. The number of alkyl halides is 1. The summed E-state index contributed by atoms with van der Waals surface area (Å²) in [6, 6.07) is 30.2. The van der Waals surface area contributed by atoms with E-state index in [0.29, 0.717) is 27.6 Å². The first kappa shape index (κ1) is 119. The second-order valence-corrected chi connectivity index (χ2v) is 43.1. The highest BCUT2D eigenvalue weighted by molar-refractivity contribution is 9.11. The molecule has 0 saturated heterocycles. The Morgan fingerprint density at radius 2 is 0.693 bits per heavy atom. The standard InChI is InChI=1S/C24H35BrN2O3.C22H29BrClNO3.C22H30BrNO4.C22H30BrNO3.C6H6BClO2.4CH4/c1-15-12-18-17(11-10-16(26-18)13-27(8)9)21(25)20(15)19(30-24(5,6)7)14-29-22(28)23(2,3)4;1-13-10-16-15(9-8-14(11-24)25-16)19(23)18(13)17(28-22(5,6)7)12-27-20(26)21(2,3)4;1-13-11-16-15(10-9-14(2)24(16)26)19(23)18(13)17(28-22(6,7)8)12-27-20(25)21(3,4)5;1-13-11-16-15(10-9-14(2)24-16)19(23)18(13)17(27-22(6,7)8)12-26-20(25)21(3,4)5;8-6-3-1-5(2-4-6)7(9)10;;;;/h10-12,19H,13-14H2,1-9H3;8-10,17H,11-12H2,1-7H3;9-11,17H,12H2,1-8H3;9-11,17H,12H2,1-8H3;1-4,9-10H;4*1H4/t19-;3*17-;;;;;/m1111...../s1. The van der Waals surface area contributed by atoms with E-state index in [2.05, 4.69) is 103 Å². The lowest BCUT2D eigenvalue weighted by atomic mass is 9.81. The Labute approximate surface area is 803 Å². The minimum Gasteiger partial charge on any atom is -0.618 e. The maximum atomic E-state index is 12.5. The van der Waals surface area contributed by atoms with Crippen LogP contribution in [0.15, 0.2) is 115 Å². The van der Waals surface area contributed by atoms with Crippen LogP contribution in [0.1, 0.15) is 288 Å². The SMILES string of the molecule is C.C.C.C.Cc1cc2c(ccc(C)[n+]2[O-])c(Br)c1[C@@H](COC(=O)C(C)(C)C)OC(C)(C)C.Cc1cc2nc(CCl)ccc2c(Br)c1[C@@H](COC(=O)C(C)(C)C)OC(C)(C)C.Cc1cc2nc(CN(C)C)ccc2c(Br)c1[C@@H](COC(=O)C(C)(C)C)OC(C)(C)C.Cc1ccc2c(Br)c([C@@H](COC(=O)C(C)(C)C)OC(C)(C)C)c(C)cc2n1.OB(O)c1ccc(Cl)cc1. The molecule has 5 aromatic carbocycles. The summed E-state index contributed by atoms with van der Waals surface area (Å²) in [5, 5.41) is 34.1. The van der Waals surface area contributed by atoms with Gasteiger partial charge in [0, 0.05) is 92.6 Å². The van der Waals surface area contributed by atoms with Crippen LogP contribution in [-0.4, -0.2) is 124 Å². The van der Waals surface area contributed by atoms with Gasteiger partial charge >= 0.3 is 31.0 Å². The summed E-state index contributed by atoms with van der Waals surface area (Å²) in [6.45, 7) is 59.1. The van der Waals surface area contributed by atoms with Gasteiger partial charge in [-0.1, -0.05) is 53.4 Å². The maximum Gasteiger partial charge on any atom is 0.488 e. The van der Waals surface area contributed by atoms with E-state index in [-0.39, 0.29) is 91.7 Å². The summed E-state index contributed by atoms with van der Waals surface area (Å²) >= 11 is 26.4. The molecule has 0 amide bonds. The number of rotatable bonds is 20. The Morgan fingerprint density at radius 1 is 0.417 bits per heavy atom. The van der Waals surface area contributed by atoms with Crippen LogP contribution >= 0.6 is 86.9 Å². The van der Waals surface area contributed by atoms with Crippen LogP contribution in [0, 0.1) is 68.4 Å². The molecule has 0 radical (unpaired) electrons. The van der Waals surface area contributed by atoms with Crippen molar-refractivity contribution in [1.29, 1.82) is 0 Å². The first-order valence-corrected chi connectivity index (χ1v) is 45.1. The Hall–Kier alpha value is -6.30. The van der Waals surface area contributed by atoms with E-state index >= 15 is 0 Å². The zero-order valence-corrected chi connectivity index (χ0v) is 85.9. The molecule has 0 spiro atoms. The van der Waals surface area contributed by atoms with Gasteiger partial charge < -0.3 is 58.1 Å². The van der Waals surface area contributed by atoms with Crippen LogP contribution in [0.5, 0.6) is 0 Å². The van der Waals surface area contributed by atoms with Crippen LogP contribution in [-0.2, 0) is 69.5 Å². The predicted octanol–water partition coefficient (Wildman–Crippen LogP) is 26.2. The van der Waals surface area contributed by atoms with Crippen molar-refractivity contribution >= 4 is 167 Å². The van der Waals surface area contributed by atoms with Crippen molar-refractivity contribution in [2.45, 2.75) is 297 Å². The number of aryl methyl sites for hydroxylation is 6. The molecule has 127 heavy (non-hydrogen) atoms. The molecular formula is C100H146BBr4Cl2N5O15. The molecule has 4 atom stereocenters. The minimum atomic E-state index is -1.41. The van der Waals surface area contributed by atoms with Gasteiger partial charge in [0.25, 0.3) is 0 Å². The molecule has 0 aliphatic rings. The zero-order chi connectivity index (χ0) is 93.7. The van der Waals surface area contributed by atoms with E-state index in [0.717, 1.165) is 129 Å². The van der Waals surface area contributed by atoms with Crippen LogP contribution in [0.3, 0.4) is 0 Å². The number of ether oxygens (including phenoxy) is 8. The van der Waals surface area contributed by atoms with Crippen LogP contribution in [0.25, 0.3) is 43.6 Å². The lowest BCUT2D eigenvalue weighted by molar-refractivity contribution is -0.584. The third-order valence-electron chi connectivity index (χ3n) is 18.3. The normalized spacial score (nSPS) is 12.9. The van der Waals surface area contributed by atoms with Crippen LogP contribution in [0.4, 0.5) is 0 Å². The molecule has 706 valence electrons. The number of benzene rings is 5. The summed E-state index contributed by atoms with van der Waals surface area (Å²) in [5.41, 5.74) is 11.2. The van der Waals surface area contributed by atoms with Gasteiger partial charge in [-0.2, -0.15) is 4.73 Å². The van der Waals surface area contributed by atoms with Crippen molar-refractivity contribution in [2.24, 2.45) is 21.7 Å². The third-order valence-corrected chi connectivity index (χ3v) is 22.2. The highest BCUT2D eigenvalue weighted by Gasteiger charge is 2.36. The molecule has 0 fully saturated rings. The Balaban J connectivity index is 0.000000807. The van der Waals surface area contributed by atoms with E-state index in [9.17, 15) is 24.4 Å². The van der Waals surface area contributed by atoms with E-state index in [1.54, 1.807) is 37.3 Å². The number of carbonyl (C=O) groups is 4. The topological polar surface area (TPSA) is 251 Å². The highest BCUT2D eigenvalue weighted by Crippen LogP contribution is 2.43. The molecule has 2 N–H and O–H groups in total. The Kier molecular flexibility index (Phi) is 45.7. The molecule has 9 rings (SSSR count). The Bertz CT molecular complexity index is 5170. The molecular weight excluding hydrogens is 1910 g/mol. The lowest BCUT2D eigenvalue weighted by Crippen LogP contribution is -2.32. The number of nitrogens with zero attached hydrogens (tertiary/aromatic N) is 5. The van der Waals surface area contributed by atoms with Gasteiger partial charge in [0.2, 0.25) is 5.52 Å². The second kappa shape index (κ2) is 48.9. The van der Waals surface area contributed by atoms with Crippen molar-refractivity contribution in [2.75, 3.05) is 40.5 Å². The smallest absolute Gasteiger partial charge is 0.488 e. The van der Waals surface area contributed by atoms with Crippen molar-refractivity contribution in [3.63, 3.8) is 0 Å². The number of esters is 4. The summed E-state index contributed by atoms with van der Waals surface area (Å²) in [7, 11) is 2.66. The van der Waals surface area contributed by atoms with Gasteiger partial charge in [-0.3, -0.25) is 34.1 Å². The first-order chi connectivity index (χ1) is 56.2. The molecule has 9 aromatic rings. The molecule has 0 unspecified atom stereocenters. The molecule has 0 saturated carbocycles. The van der Waals surface area contributed by atoms with Crippen molar-refractivity contribution in [3.05, 3.63) is 192 Å². The van der Waals surface area contributed by atoms with E-state index in [4.69, 9.17) is 76.1 Å². The first-order valence-electron chi connectivity index (χ1n) is 41.0. The number of aromatic nitrogens is 4. The predicted molar refractivity (Wildman–Crippen MR) is 538 cm³/mol. The largest absolute Gasteiger partial charge is 0.618 e. The number of hydrogen-bond acceptors (Lipinski definition) is 19. The summed E-state index contributed by atoms with van der Waals surface area (Å²) in [5.74, 6) is -0.644. The number of halogens is 6. The number of pyridine rings is 4. The number of hydrogen-bond donors (Lipinski definition) is 2. The van der Waals surface area contributed by atoms with E-state index in [1.165, 1.54) is 0 Å². The summed E-state index contributed by atoms with van der Waals surface area (Å²) in [4.78, 5) is 65.4. The van der Waals surface area contributed by atoms with Gasteiger partial charge in [0.1, 0.15) is 50.8 Å². The molecule has 4 heterocycles. The molecule has 27 heteroatoms. The average molecular weight is 2060 g/mol. The van der Waals surface area contributed by atoms with Crippen molar-refractivity contribution in [1.82, 2.24) is 19.9 Å². The molecule has 20 nitrogen and oxygen atoms in total. The van der Waals surface area contributed by atoms with Crippen LogP contribution < -0.4 is 10.2 Å². The van der Waals surface area contributed by atoms with Gasteiger partial charge in [-0.25, -0.2) is 0 Å². The number of carbonyl (C=O) groups excluding carboxylic acids is 4. The number of fused-ring (bicyclic) bond motifs is 4. The van der Waals surface area contributed by atoms with E-state index < -0.39 is 63.9 Å². The fourth-order valence-electron chi connectivity index (χ4n) is 12.5. The summed E-state index contributed by atoms with van der Waals surface area (Å²) < 4.78 is 52.1. The highest BCUT2D eigenvalue weighted by atomic mass is 79.9. The van der Waals surface area contributed by atoms with Crippen molar-refractivity contribution < 1.29 is 71.9 Å². The lowest BCUT2D eigenvalue weighted by Gasteiger charge is -2.30. The van der Waals surface area contributed by atoms with Gasteiger partial charge in [-0.15, -0.1) is 11.6 Å². The van der Waals surface area contributed by atoms with Gasteiger partial charge in [0.05, 0.1) is 83.3 Å². The molecule has 0 aliphatic carbocycles. The van der Waals surface area contributed by atoms with Crippen LogP contribution in [0.2, 0.25) is 5.02 Å². The summed E-state index contributed by atoms with van der Waals surface area (Å²) in [6.07, 6.45) is -1.64.